The van der Waals surface area contributed by atoms with Gasteiger partial charge in [-0.05, 0) is 44.2 Å². The molecule has 112 valence electrons. The number of rotatable bonds is 5. The number of benzene rings is 1. The van der Waals surface area contributed by atoms with Crippen LogP contribution in [-0.4, -0.2) is 18.2 Å². The summed E-state index contributed by atoms with van der Waals surface area (Å²) in [5.74, 6) is 0. The van der Waals surface area contributed by atoms with Gasteiger partial charge in [0.15, 0.2) is 0 Å². The van der Waals surface area contributed by atoms with E-state index in [-0.39, 0.29) is 5.60 Å². The number of hydrogen-bond donors (Lipinski definition) is 1. The summed E-state index contributed by atoms with van der Waals surface area (Å²) in [6.07, 6.45) is 4.43. The molecule has 2 atom stereocenters. The standard InChI is InChI=1S/C17H26BrNO/c1-4-17(5-2)12-14(10-11-20-17)19-13(3)15-8-6-7-9-16(15)18/h6-9,13-14,19H,4-5,10-12H2,1-3H3. The first-order chi connectivity index (χ1) is 9.60. The van der Waals surface area contributed by atoms with Gasteiger partial charge in [-0.3, -0.25) is 0 Å². The molecule has 0 amide bonds. The lowest BCUT2D eigenvalue weighted by atomic mass is 9.85. The van der Waals surface area contributed by atoms with Crippen LogP contribution in [0.5, 0.6) is 0 Å². The maximum absolute atomic E-state index is 6.06. The fourth-order valence-corrected chi connectivity index (χ4v) is 3.81. The van der Waals surface area contributed by atoms with Crippen molar-refractivity contribution in [3.8, 4) is 0 Å². The highest BCUT2D eigenvalue weighted by Gasteiger charge is 2.34. The van der Waals surface area contributed by atoms with Crippen LogP contribution in [0, 0.1) is 0 Å². The lowest BCUT2D eigenvalue weighted by Gasteiger charge is -2.41. The highest BCUT2D eigenvalue weighted by Crippen LogP contribution is 2.33. The first kappa shape index (κ1) is 16.0. The lowest BCUT2D eigenvalue weighted by Crippen LogP contribution is -2.47. The molecule has 0 radical (unpaired) electrons. The van der Waals surface area contributed by atoms with Crippen LogP contribution in [0.2, 0.25) is 0 Å². The summed E-state index contributed by atoms with van der Waals surface area (Å²) in [5, 5.41) is 3.79. The molecule has 1 aliphatic heterocycles. The molecule has 1 aliphatic rings. The van der Waals surface area contributed by atoms with E-state index in [4.69, 9.17) is 4.74 Å². The second kappa shape index (κ2) is 7.06. The van der Waals surface area contributed by atoms with Gasteiger partial charge in [-0.25, -0.2) is 0 Å². The zero-order chi connectivity index (χ0) is 14.6. The van der Waals surface area contributed by atoms with Gasteiger partial charge in [-0.2, -0.15) is 0 Å². The molecular formula is C17H26BrNO. The molecule has 20 heavy (non-hydrogen) atoms. The average molecular weight is 340 g/mol. The molecule has 0 bridgehead atoms. The zero-order valence-corrected chi connectivity index (χ0v) is 14.4. The van der Waals surface area contributed by atoms with Gasteiger partial charge in [0.1, 0.15) is 0 Å². The first-order valence-corrected chi connectivity index (χ1v) is 8.54. The van der Waals surface area contributed by atoms with Crippen molar-refractivity contribution in [1.29, 1.82) is 0 Å². The molecule has 0 aromatic heterocycles. The SMILES string of the molecule is CCC1(CC)CC(NC(C)c2ccccc2Br)CCO1. The number of hydrogen-bond acceptors (Lipinski definition) is 2. The summed E-state index contributed by atoms with van der Waals surface area (Å²) < 4.78 is 7.24. The summed E-state index contributed by atoms with van der Waals surface area (Å²) >= 11 is 3.65. The Balaban J connectivity index is 2.01. The molecule has 2 unspecified atom stereocenters. The van der Waals surface area contributed by atoms with Gasteiger partial charge in [0.2, 0.25) is 0 Å². The van der Waals surface area contributed by atoms with Crippen molar-refractivity contribution in [2.45, 2.75) is 64.1 Å². The van der Waals surface area contributed by atoms with Gasteiger partial charge in [0.25, 0.3) is 0 Å². The minimum atomic E-state index is 0.0869. The van der Waals surface area contributed by atoms with Crippen LogP contribution in [0.1, 0.15) is 58.1 Å². The summed E-state index contributed by atoms with van der Waals surface area (Å²) in [6, 6.07) is 9.37. The Morgan fingerprint density at radius 2 is 2.05 bits per heavy atom. The first-order valence-electron chi connectivity index (χ1n) is 7.74. The molecule has 0 spiro atoms. The fourth-order valence-electron chi connectivity index (χ4n) is 3.18. The monoisotopic (exact) mass is 339 g/mol. The molecule has 3 heteroatoms. The Morgan fingerprint density at radius 1 is 1.35 bits per heavy atom. The maximum atomic E-state index is 6.06. The van der Waals surface area contributed by atoms with E-state index in [0.29, 0.717) is 12.1 Å². The van der Waals surface area contributed by atoms with Gasteiger partial charge in [-0.15, -0.1) is 0 Å². The largest absolute Gasteiger partial charge is 0.375 e. The molecule has 0 saturated carbocycles. The second-order valence-electron chi connectivity index (χ2n) is 5.84. The van der Waals surface area contributed by atoms with Crippen LogP contribution < -0.4 is 5.32 Å². The van der Waals surface area contributed by atoms with Gasteiger partial charge in [-0.1, -0.05) is 48.0 Å². The number of ether oxygens (including phenoxy) is 1. The third-order valence-electron chi connectivity index (χ3n) is 4.64. The Labute approximate surface area is 131 Å². The van der Waals surface area contributed by atoms with Crippen molar-refractivity contribution in [2.24, 2.45) is 0 Å². The topological polar surface area (TPSA) is 21.3 Å². The maximum Gasteiger partial charge on any atom is 0.0692 e. The molecule has 1 fully saturated rings. The molecule has 1 aromatic carbocycles. The molecule has 0 aliphatic carbocycles. The predicted molar refractivity (Wildman–Crippen MR) is 88.0 cm³/mol. The molecule has 1 aromatic rings. The number of nitrogens with one attached hydrogen (secondary N) is 1. The smallest absolute Gasteiger partial charge is 0.0692 e. The Bertz CT molecular complexity index is 431. The highest BCUT2D eigenvalue weighted by atomic mass is 79.9. The van der Waals surface area contributed by atoms with Crippen LogP contribution in [0.4, 0.5) is 0 Å². The van der Waals surface area contributed by atoms with Crippen LogP contribution in [-0.2, 0) is 4.74 Å². The van der Waals surface area contributed by atoms with Crippen molar-refractivity contribution < 1.29 is 4.74 Å². The minimum Gasteiger partial charge on any atom is -0.375 e. The van der Waals surface area contributed by atoms with Crippen molar-refractivity contribution in [3.05, 3.63) is 34.3 Å². The van der Waals surface area contributed by atoms with E-state index in [1.54, 1.807) is 0 Å². The lowest BCUT2D eigenvalue weighted by molar-refractivity contribution is -0.0939. The molecule has 1 saturated heterocycles. The predicted octanol–water partition coefficient (Wildman–Crippen LogP) is 4.84. The van der Waals surface area contributed by atoms with Gasteiger partial charge in [0, 0.05) is 23.2 Å². The van der Waals surface area contributed by atoms with Gasteiger partial charge < -0.3 is 10.1 Å². The third kappa shape index (κ3) is 3.63. The van der Waals surface area contributed by atoms with Crippen molar-refractivity contribution in [1.82, 2.24) is 5.32 Å². The van der Waals surface area contributed by atoms with E-state index in [2.05, 4.69) is 66.3 Å². The van der Waals surface area contributed by atoms with Crippen molar-refractivity contribution >= 4 is 15.9 Å². The summed E-state index contributed by atoms with van der Waals surface area (Å²) in [4.78, 5) is 0. The Kier molecular flexibility index (Phi) is 5.65. The van der Waals surface area contributed by atoms with E-state index < -0.39 is 0 Å². The van der Waals surface area contributed by atoms with Crippen LogP contribution in [0.3, 0.4) is 0 Å². The molecule has 1 N–H and O–H groups in total. The summed E-state index contributed by atoms with van der Waals surface area (Å²) in [6.45, 7) is 7.60. The van der Waals surface area contributed by atoms with Gasteiger partial charge >= 0.3 is 0 Å². The molecule has 2 rings (SSSR count). The quantitative estimate of drug-likeness (QED) is 0.828. The third-order valence-corrected chi connectivity index (χ3v) is 5.36. The van der Waals surface area contributed by atoms with Crippen molar-refractivity contribution in [2.75, 3.05) is 6.61 Å². The second-order valence-corrected chi connectivity index (χ2v) is 6.69. The van der Waals surface area contributed by atoms with E-state index in [9.17, 15) is 0 Å². The average Bonchev–Trinajstić information content (AvgIpc) is 2.47. The van der Waals surface area contributed by atoms with Gasteiger partial charge in [0.05, 0.1) is 5.60 Å². The highest BCUT2D eigenvalue weighted by molar-refractivity contribution is 9.10. The Morgan fingerprint density at radius 3 is 2.70 bits per heavy atom. The summed E-state index contributed by atoms with van der Waals surface area (Å²) in [7, 11) is 0. The van der Waals surface area contributed by atoms with E-state index in [1.807, 2.05) is 0 Å². The number of halogens is 1. The van der Waals surface area contributed by atoms with Crippen LogP contribution >= 0.6 is 15.9 Å². The molecular weight excluding hydrogens is 314 g/mol. The molecule has 1 heterocycles. The zero-order valence-electron chi connectivity index (χ0n) is 12.8. The van der Waals surface area contributed by atoms with Crippen molar-refractivity contribution in [3.63, 3.8) is 0 Å². The van der Waals surface area contributed by atoms with Crippen LogP contribution in [0.15, 0.2) is 28.7 Å². The minimum absolute atomic E-state index is 0.0869. The fraction of sp³-hybridized carbons (Fsp3) is 0.647. The molecule has 2 nitrogen and oxygen atoms in total. The summed E-state index contributed by atoms with van der Waals surface area (Å²) in [5.41, 5.74) is 1.42. The normalized spacial score (nSPS) is 23.5. The van der Waals surface area contributed by atoms with E-state index >= 15 is 0 Å². The van der Waals surface area contributed by atoms with Crippen LogP contribution in [0.25, 0.3) is 0 Å². The Hall–Kier alpha value is -0.380. The van der Waals surface area contributed by atoms with E-state index in [1.165, 1.54) is 10.0 Å². The van der Waals surface area contributed by atoms with E-state index in [0.717, 1.165) is 32.3 Å².